The first-order valence-electron chi connectivity index (χ1n) is 11.4. The second-order valence-corrected chi connectivity index (χ2v) is 9.78. The van der Waals surface area contributed by atoms with E-state index in [1.54, 1.807) is 12.3 Å². The van der Waals surface area contributed by atoms with Crippen molar-refractivity contribution in [3.63, 3.8) is 0 Å². The molecule has 1 aliphatic carbocycles. The molecular formula is C28H25Cl2N3O. The van der Waals surface area contributed by atoms with Gasteiger partial charge in [0.15, 0.2) is 0 Å². The van der Waals surface area contributed by atoms with Crippen LogP contribution in [0, 0.1) is 0 Å². The van der Waals surface area contributed by atoms with Crippen molar-refractivity contribution in [3.05, 3.63) is 88.0 Å². The molecule has 0 fully saturated rings. The molecule has 34 heavy (non-hydrogen) atoms. The summed E-state index contributed by atoms with van der Waals surface area (Å²) in [6.07, 6.45) is 4.63. The maximum Gasteiger partial charge on any atom is 0.232 e. The molecule has 0 saturated carbocycles. The number of pyridine rings is 1. The van der Waals surface area contributed by atoms with Gasteiger partial charge in [-0.25, -0.2) is 0 Å². The van der Waals surface area contributed by atoms with Crippen molar-refractivity contribution in [3.8, 4) is 11.1 Å². The zero-order valence-electron chi connectivity index (χ0n) is 19.1. The van der Waals surface area contributed by atoms with Crippen LogP contribution in [0.5, 0.6) is 0 Å². The Labute approximate surface area is 209 Å². The minimum atomic E-state index is -0.157. The number of halogens is 2. The molecule has 0 saturated heterocycles. The zero-order valence-corrected chi connectivity index (χ0v) is 20.6. The number of fused-ring (bicyclic) bond motifs is 2. The molecule has 1 aromatic heterocycles. The first-order valence-corrected chi connectivity index (χ1v) is 12.1. The molecular weight excluding hydrogens is 465 g/mol. The lowest BCUT2D eigenvalue weighted by molar-refractivity contribution is -0.117. The molecule has 4 aromatic rings. The first kappa shape index (κ1) is 22.7. The average Bonchev–Trinajstić information content (AvgIpc) is 2.82. The minimum absolute atomic E-state index is 0.00850. The highest BCUT2D eigenvalue weighted by Crippen LogP contribution is 2.39. The van der Waals surface area contributed by atoms with Crippen LogP contribution in [0.3, 0.4) is 0 Å². The Hall–Kier alpha value is -3.08. The number of carbonyl (C=O) groups is 1. The second kappa shape index (κ2) is 9.28. The summed E-state index contributed by atoms with van der Waals surface area (Å²) in [5.74, 6) is -0.148. The normalized spacial score (nSPS) is 15.1. The fourth-order valence-electron chi connectivity index (χ4n) is 4.97. The van der Waals surface area contributed by atoms with Crippen molar-refractivity contribution in [2.75, 3.05) is 24.3 Å². The van der Waals surface area contributed by atoms with Gasteiger partial charge < -0.3 is 10.2 Å². The number of benzene rings is 3. The van der Waals surface area contributed by atoms with Gasteiger partial charge in [-0.05, 0) is 54.2 Å². The summed E-state index contributed by atoms with van der Waals surface area (Å²) in [6.45, 7) is 0. The highest BCUT2D eigenvalue weighted by Gasteiger charge is 2.27. The Bertz CT molecular complexity index is 1380. The van der Waals surface area contributed by atoms with Crippen molar-refractivity contribution in [2.45, 2.75) is 25.2 Å². The Balaban J connectivity index is 1.57. The predicted octanol–water partition coefficient (Wildman–Crippen LogP) is 7.33. The van der Waals surface area contributed by atoms with Crippen molar-refractivity contribution < 1.29 is 4.79 Å². The van der Waals surface area contributed by atoms with Gasteiger partial charge in [-0.2, -0.15) is 0 Å². The summed E-state index contributed by atoms with van der Waals surface area (Å²) < 4.78 is 0. The summed E-state index contributed by atoms with van der Waals surface area (Å²) in [6, 6.07) is 19.8. The molecule has 1 heterocycles. The number of hydrogen-bond donors (Lipinski definition) is 1. The molecule has 1 amide bonds. The lowest BCUT2D eigenvalue weighted by atomic mass is 9.82. The quantitative estimate of drug-likeness (QED) is 0.326. The SMILES string of the molecule is CN(C)c1c(NC(=O)C2CCCc3ccccc32)cnc2c(-c3cc(Cl)cc(Cl)c3)cccc12. The van der Waals surface area contributed by atoms with E-state index in [9.17, 15) is 4.79 Å². The van der Waals surface area contributed by atoms with Crippen LogP contribution in [0.1, 0.15) is 29.9 Å². The number of aromatic nitrogens is 1. The topological polar surface area (TPSA) is 45.2 Å². The van der Waals surface area contributed by atoms with E-state index in [1.807, 2.05) is 61.5 Å². The minimum Gasteiger partial charge on any atom is -0.375 e. The number of rotatable bonds is 4. The number of hydrogen-bond acceptors (Lipinski definition) is 3. The molecule has 6 heteroatoms. The molecule has 1 unspecified atom stereocenters. The summed E-state index contributed by atoms with van der Waals surface area (Å²) in [5.41, 5.74) is 6.67. The van der Waals surface area contributed by atoms with Crippen molar-refractivity contribution >= 4 is 51.4 Å². The monoisotopic (exact) mass is 489 g/mol. The molecule has 3 aromatic carbocycles. The second-order valence-electron chi connectivity index (χ2n) is 8.91. The fourth-order valence-corrected chi connectivity index (χ4v) is 5.50. The number of para-hydroxylation sites is 1. The van der Waals surface area contributed by atoms with Gasteiger partial charge in [0.25, 0.3) is 0 Å². The highest BCUT2D eigenvalue weighted by atomic mass is 35.5. The standard InChI is InChI=1S/C28H25Cl2N3O/c1-33(2)27-24-12-6-10-22(18-13-19(29)15-20(30)14-18)26(24)31-16-25(27)32-28(34)23-11-5-8-17-7-3-4-9-21(17)23/h3-4,6-7,9-10,12-16,23H,5,8,11H2,1-2H3,(H,32,34). The molecule has 0 radical (unpaired) electrons. The van der Waals surface area contributed by atoms with E-state index in [-0.39, 0.29) is 11.8 Å². The van der Waals surface area contributed by atoms with E-state index in [1.165, 1.54) is 5.56 Å². The Kier molecular flexibility index (Phi) is 6.20. The van der Waals surface area contributed by atoms with Crippen LogP contribution in [0.15, 0.2) is 66.9 Å². The van der Waals surface area contributed by atoms with Crippen LogP contribution in [0.2, 0.25) is 10.0 Å². The van der Waals surface area contributed by atoms with Gasteiger partial charge in [0.1, 0.15) is 0 Å². The van der Waals surface area contributed by atoms with E-state index < -0.39 is 0 Å². The largest absolute Gasteiger partial charge is 0.375 e. The Morgan fingerprint density at radius 3 is 2.56 bits per heavy atom. The van der Waals surface area contributed by atoms with Crippen LogP contribution in [-0.2, 0) is 11.2 Å². The van der Waals surface area contributed by atoms with E-state index in [2.05, 4.69) is 17.4 Å². The van der Waals surface area contributed by atoms with Gasteiger partial charge in [0, 0.05) is 35.1 Å². The summed E-state index contributed by atoms with van der Waals surface area (Å²) in [7, 11) is 3.95. The van der Waals surface area contributed by atoms with Crippen LogP contribution in [-0.4, -0.2) is 25.0 Å². The van der Waals surface area contributed by atoms with Crippen molar-refractivity contribution in [2.24, 2.45) is 0 Å². The van der Waals surface area contributed by atoms with E-state index in [0.29, 0.717) is 15.7 Å². The summed E-state index contributed by atoms with van der Waals surface area (Å²) in [4.78, 5) is 20.2. The Morgan fingerprint density at radius 2 is 1.79 bits per heavy atom. The molecule has 1 atom stereocenters. The van der Waals surface area contributed by atoms with E-state index >= 15 is 0 Å². The lowest BCUT2D eigenvalue weighted by Crippen LogP contribution is -2.26. The van der Waals surface area contributed by atoms with Crippen molar-refractivity contribution in [1.29, 1.82) is 0 Å². The van der Waals surface area contributed by atoms with Gasteiger partial charge in [0.05, 0.1) is 29.0 Å². The third-order valence-corrected chi connectivity index (χ3v) is 6.87. The van der Waals surface area contributed by atoms with E-state index in [0.717, 1.165) is 52.5 Å². The number of aryl methyl sites for hydroxylation is 1. The van der Waals surface area contributed by atoms with Crippen LogP contribution < -0.4 is 10.2 Å². The zero-order chi connectivity index (χ0) is 23.8. The number of carbonyl (C=O) groups excluding carboxylic acids is 1. The Morgan fingerprint density at radius 1 is 1.03 bits per heavy atom. The average molecular weight is 490 g/mol. The highest BCUT2D eigenvalue weighted by molar-refractivity contribution is 6.35. The van der Waals surface area contributed by atoms with Crippen LogP contribution >= 0.6 is 23.2 Å². The van der Waals surface area contributed by atoms with Gasteiger partial charge in [-0.3, -0.25) is 9.78 Å². The molecule has 0 aliphatic heterocycles. The van der Waals surface area contributed by atoms with Crippen molar-refractivity contribution in [1.82, 2.24) is 4.98 Å². The van der Waals surface area contributed by atoms with Crippen LogP contribution in [0.4, 0.5) is 11.4 Å². The first-order chi connectivity index (χ1) is 16.4. The number of nitrogens with zero attached hydrogens (tertiary/aromatic N) is 2. The summed E-state index contributed by atoms with van der Waals surface area (Å²) >= 11 is 12.5. The van der Waals surface area contributed by atoms with E-state index in [4.69, 9.17) is 28.2 Å². The van der Waals surface area contributed by atoms with Gasteiger partial charge >= 0.3 is 0 Å². The van der Waals surface area contributed by atoms with Gasteiger partial charge in [0.2, 0.25) is 5.91 Å². The molecule has 0 bridgehead atoms. The molecule has 5 rings (SSSR count). The number of anilines is 2. The maximum absolute atomic E-state index is 13.4. The molecule has 172 valence electrons. The smallest absolute Gasteiger partial charge is 0.232 e. The molecule has 1 N–H and O–H groups in total. The molecule has 0 spiro atoms. The number of amides is 1. The van der Waals surface area contributed by atoms with Gasteiger partial charge in [-0.1, -0.05) is 65.7 Å². The molecule has 4 nitrogen and oxygen atoms in total. The third kappa shape index (κ3) is 4.24. The molecule has 1 aliphatic rings. The number of nitrogens with one attached hydrogen (secondary N) is 1. The summed E-state index contributed by atoms with van der Waals surface area (Å²) in [5, 5.41) is 5.28. The van der Waals surface area contributed by atoms with Crippen LogP contribution in [0.25, 0.3) is 22.0 Å². The maximum atomic E-state index is 13.4. The predicted molar refractivity (Wildman–Crippen MR) is 142 cm³/mol. The third-order valence-electron chi connectivity index (χ3n) is 6.43. The lowest BCUT2D eigenvalue weighted by Gasteiger charge is -2.26. The fraction of sp³-hybridized carbons (Fsp3) is 0.214. The van der Waals surface area contributed by atoms with Gasteiger partial charge in [-0.15, -0.1) is 0 Å².